The van der Waals surface area contributed by atoms with Gasteiger partial charge in [-0.05, 0) is 29.7 Å². The van der Waals surface area contributed by atoms with E-state index in [4.69, 9.17) is 16.3 Å². The number of hydrogen-bond acceptors (Lipinski definition) is 2. The highest BCUT2D eigenvalue weighted by Crippen LogP contribution is 2.18. The molecule has 4 heteroatoms. The van der Waals surface area contributed by atoms with Crippen molar-refractivity contribution in [2.45, 2.75) is 13.8 Å². The zero-order valence-corrected chi connectivity index (χ0v) is 9.34. The van der Waals surface area contributed by atoms with Crippen LogP contribution in [0.5, 0.6) is 5.75 Å². The first-order valence-electron chi connectivity index (χ1n) is 4.62. The van der Waals surface area contributed by atoms with Crippen molar-refractivity contribution < 1.29 is 13.9 Å². The Bertz CT molecular complexity index is 364. The van der Waals surface area contributed by atoms with E-state index in [2.05, 4.69) is 0 Å². The van der Waals surface area contributed by atoms with Crippen LogP contribution >= 0.6 is 11.6 Å². The molecule has 0 unspecified atom stereocenters. The summed E-state index contributed by atoms with van der Waals surface area (Å²) < 4.78 is 18.3. The van der Waals surface area contributed by atoms with E-state index in [1.54, 1.807) is 0 Å². The fraction of sp³-hybridized carbons (Fsp3) is 0.364. The molecule has 0 aromatic heterocycles. The Morgan fingerprint density at radius 3 is 2.67 bits per heavy atom. The first kappa shape index (κ1) is 12.0. The lowest BCUT2D eigenvalue weighted by molar-refractivity contribution is 0.108. The third-order valence-corrected chi connectivity index (χ3v) is 1.90. The van der Waals surface area contributed by atoms with E-state index in [9.17, 15) is 9.18 Å². The Labute approximate surface area is 93.0 Å². The van der Waals surface area contributed by atoms with Gasteiger partial charge in [-0.1, -0.05) is 13.8 Å². The van der Waals surface area contributed by atoms with Crippen molar-refractivity contribution in [3.05, 3.63) is 29.6 Å². The largest absolute Gasteiger partial charge is 0.493 e. The standard InChI is InChI=1S/C11H12ClFO2/c1-7(2)6-15-10-4-8(11(12)14)3-9(13)5-10/h3-5,7H,6H2,1-2H3. The maximum absolute atomic E-state index is 13.0. The molecule has 0 bridgehead atoms. The molecule has 0 N–H and O–H groups in total. The number of benzene rings is 1. The third kappa shape index (κ3) is 3.88. The summed E-state index contributed by atoms with van der Waals surface area (Å²) in [5, 5.41) is -0.691. The van der Waals surface area contributed by atoms with Gasteiger partial charge in [0.15, 0.2) is 0 Å². The summed E-state index contributed by atoms with van der Waals surface area (Å²) in [7, 11) is 0. The Morgan fingerprint density at radius 2 is 2.13 bits per heavy atom. The normalized spacial score (nSPS) is 10.5. The van der Waals surface area contributed by atoms with Crippen LogP contribution in [0.2, 0.25) is 0 Å². The molecule has 0 saturated carbocycles. The summed E-state index contributed by atoms with van der Waals surface area (Å²) in [4.78, 5) is 10.8. The Morgan fingerprint density at radius 1 is 1.47 bits per heavy atom. The molecule has 1 aromatic carbocycles. The lowest BCUT2D eigenvalue weighted by atomic mass is 10.2. The summed E-state index contributed by atoms with van der Waals surface area (Å²) in [6, 6.07) is 3.74. The predicted octanol–water partition coefficient (Wildman–Crippen LogP) is 3.24. The zero-order chi connectivity index (χ0) is 11.4. The average molecular weight is 231 g/mol. The van der Waals surface area contributed by atoms with Crippen LogP contribution in [0.15, 0.2) is 18.2 Å². The molecule has 1 rings (SSSR count). The van der Waals surface area contributed by atoms with Crippen LogP contribution in [-0.2, 0) is 0 Å². The number of hydrogen-bond donors (Lipinski definition) is 0. The average Bonchev–Trinajstić information content (AvgIpc) is 2.13. The van der Waals surface area contributed by atoms with Gasteiger partial charge in [-0.15, -0.1) is 0 Å². The van der Waals surface area contributed by atoms with Crippen molar-refractivity contribution in [2.24, 2.45) is 5.92 Å². The van der Waals surface area contributed by atoms with Gasteiger partial charge in [0, 0.05) is 11.6 Å². The maximum Gasteiger partial charge on any atom is 0.252 e. The molecular formula is C11H12ClFO2. The molecular weight excluding hydrogens is 219 g/mol. The van der Waals surface area contributed by atoms with E-state index in [-0.39, 0.29) is 5.56 Å². The zero-order valence-electron chi connectivity index (χ0n) is 8.59. The lowest BCUT2D eigenvalue weighted by Gasteiger charge is -2.09. The van der Waals surface area contributed by atoms with Crippen molar-refractivity contribution in [3.63, 3.8) is 0 Å². The quantitative estimate of drug-likeness (QED) is 0.743. The van der Waals surface area contributed by atoms with E-state index < -0.39 is 11.1 Å². The van der Waals surface area contributed by atoms with Crippen molar-refractivity contribution in [1.82, 2.24) is 0 Å². The second kappa shape index (κ2) is 5.12. The number of carbonyl (C=O) groups is 1. The Balaban J connectivity index is 2.84. The molecule has 0 fully saturated rings. The van der Waals surface area contributed by atoms with Gasteiger partial charge in [-0.3, -0.25) is 4.79 Å². The number of rotatable bonds is 4. The summed E-state index contributed by atoms with van der Waals surface area (Å²) in [5.74, 6) is 0.136. The predicted molar refractivity (Wildman–Crippen MR) is 56.9 cm³/mol. The smallest absolute Gasteiger partial charge is 0.252 e. The van der Waals surface area contributed by atoms with Gasteiger partial charge in [0.1, 0.15) is 11.6 Å². The second-order valence-electron chi connectivity index (χ2n) is 3.65. The lowest BCUT2D eigenvalue weighted by Crippen LogP contribution is -2.05. The summed E-state index contributed by atoms with van der Waals surface area (Å²) in [5.41, 5.74) is 0.107. The molecule has 0 aliphatic carbocycles. The maximum atomic E-state index is 13.0. The topological polar surface area (TPSA) is 26.3 Å². The molecule has 2 nitrogen and oxygen atoms in total. The number of halogens is 2. The van der Waals surface area contributed by atoms with Crippen LogP contribution in [-0.4, -0.2) is 11.8 Å². The van der Waals surface area contributed by atoms with E-state index in [1.165, 1.54) is 12.1 Å². The molecule has 0 aliphatic heterocycles. The monoisotopic (exact) mass is 230 g/mol. The van der Waals surface area contributed by atoms with E-state index in [1.807, 2.05) is 13.8 Å². The molecule has 0 aliphatic rings. The number of carbonyl (C=O) groups excluding carboxylic acids is 1. The first-order chi connectivity index (χ1) is 6.99. The Hall–Kier alpha value is -1.09. The van der Waals surface area contributed by atoms with E-state index >= 15 is 0 Å². The highest BCUT2D eigenvalue weighted by Gasteiger charge is 2.07. The molecule has 0 saturated heterocycles. The highest BCUT2D eigenvalue weighted by atomic mass is 35.5. The van der Waals surface area contributed by atoms with Gasteiger partial charge in [0.05, 0.1) is 6.61 Å². The van der Waals surface area contributed by atoms with E-state index in [0.29, 0.717) is 18.3 Å². The van der Waals surface area contributed by atoms with Crippen LogP contribution < -0.4 is 4.74 Å². The van der Waals surface area contributed by atoms with Crippen LogP contribution in [0, 0.1) is 11.7 Å². The van der Waals surface area contributed by atoms with Crippen molar-refractivity contribution in [1.29, 1.82) is 0 Å². The van der Waals surface area contributed by atoms with Crippen LogP contribution in [0.3, 0.4) is 0 Å². The Kier molecular flexibility index (Phi) is 4.09. The summed E-state index contributed by atoms with van der Waals surface area (Å²) in [6.07, 6.45) is 0. The minimum atomic E-state index is -0.691. The van der Waals surface area contributed by atoms with Gasteiger partial charge in [0.2, 0.25) is 0 Å². The molecule has 0 amide bonds. The second-order valence-corrected chi connectivity index (χ2v) is 4.00. The van der Waals surface area contributed by atoms with Crippen LogP contribution in [0.1, 0.15) is 24.2 Å². The summed E-state index contributed by atoms with van der Waals surface area (Å²) in [6.45, 7) is 4.43. The van der Waals surface area contributed by atoms with Crippen LogP contribution in [0.25, 0.3) is 0 Å². The fourth-order valence-electron chi connectivity index (χ4n) is 1.02. The highest BCUT2D eigenvalue weighted by molar-refractivity contribution is 6.67. The first-order valence-corrected chi connectivity index (χ1v) is 5.00. The molecule has 0 atom stereocenters. The van der Waals surface area contributed by atoms with Crippen molar-refractivity contribution in [3.8, 4) is 5.75 Å². The molecule has 0 spiro atoms. The molecule has 0 radical (unpaired) electrons. The van der Waals surface area contributed by atoms with Gasteiger partial charge in [0.25, 0.3) is 5.24 Å². The fourth-order valence-corrected chi connectivity index (χ4v) is 1.13. The van der Waals surface area contributed by atoms with Crippen molar-refractivity contribution in [2.75, 3.05) is 6.61 Å². The van der Waals surface area contributed by atoms with Gasteiger partial charge >= 0.3 is 0 Å². The molecule has 15 heavy (non-hydrogen) atoms. The minimum absolute atomic E-state index is 0.107. The number of ether oxygens (including phenoxy) is 1. The minimum Gasteiger partial charge on any atom is -0.493 e. The van der Waals surface area contributed by atoms with Crippen LogP contribution in [0.4, 0.5) is 4.39 Å². The van der Waals surface area contributed by atoms with Gasteiger partial charge in [-0.25, -0.2) is 4.39 Å². The van der Waals surface area contributed by atoms with Gasteiger partial charge < -0.3 is 4.74 Å². The molecule has 1 aromatic rings. The van der Waals surface area contributed by atoms with Crippen molar-refractivity contribution >= 4 is 16.8 Å². The third-order valence-electron chi connectivity index (χ3n) is 1.68. The summed E-state index contributed by atoms with van der Waals surface area (Å²) >= 11 is 5.25. The SMILES string of the molecule is CC(C)COc1cc(F)cc(C(=O)Cl)c1. The molecule has 82 valence electrons. The molecule has 0 heterocycles. The van der Waals surface area contributed by atoms with E-state index in [0.717, 1.165) is 6.07 Å². The van der Waals surface area contributed by atoms with Gasteiger partial charge in [-0.2, -0.15) is 0 Å².